The molecule has 0 aliphatic rings. The second-order valence-electron chi connectivity index (χ2n) is 7.70. The molecule has 0 atom stereocenters. The minimum atomic E-state index is -0.0630. The van der Waals surface area contributed by atoms with Gasteiger partial charge in [0, 0.05) is 12.1 Å². The molecule has 0 amide bonds. The lowest BCUT2D eigenvalue weighted by Crippen LogP contribution is -2.17. The van der Waals surface area contributed by atoms with Crippen molar-refractivity contribution in [2.75, 3.05) is 11.9 Å². The van der Waals surface area contributed by atoms with Gasteiger partial charge in [-0.25, -0.2) is 0 Å². The monoisotopic (exact) mass is 277 g/mol. The molecule has 114 valence electrons. The van der Waals surface area contributed by atoms with Crippen LogP contribution in [0.15, 0.2) is 12.1 Å². The summed E-state index contributed by atoms with van der Waals surface area (Å²) in [5.41, 5.74) is 3.17. The molecule has 0 fully saturated rings. The molecule has 0 saturated heterocycles. The highest BCUT2D eigenvalue weighted by Gasteiger charge is 2.24. The molecule has 0 unspecified atom stereocenters. The van der Waals surface area contributed by atoms with Gasteiger partial charge in [0.05, 0.1) is 5.69 Å². The average Bonchev–Trinajstić information content (AvgIpc) is 2.28. The van der Waals surface area contributed by atoms with Crippen LogP contribution in [0, 0.1) is 0 Å². The van der Waals surface area contributed by atoms with Crippen molar-refractivity contribution in [3.05, 3.63) is 23.3 Å². The van der Waals surface area contributed by atoms with Crippen LogP contribution in [-0.4, -0.2) is 11.7 Å². The van der Waals surface area contributed by atoms with E-state index < -0.39 is 0 Å². The Hall–Kier alpha value is -1.18. The molecule has 2 heteroatoms. The predicted octanol–water partition coefficient (Wildman–Crippen LogP) is 5.20. The van der Waals surface area contributed by atoms with E-state index in [9.17, 15) is 5.11 Å². The number of benzene rings is 1. The van der Waals surface area contributed by atoms with Gasteiger partial charge in [-0.3, -0.25) is 0 Å². The van der Waals surface area contributed by atoms with E-state index >= 15 is 0 Å². The molecule has 0 aliphatic heterocycles. The van der Waals surface area contributed by atoms with Crippen LogP contribution in [0.5, 0.6) is 5.75 Å². The van der Waals surface area contributed by atoms with Crippen LogP contribution in [0.2, 0.25) is 0 Å². The zero-order chi connectivity index (χ0) is 15.6. The maximum atomic E-state index is 10.6. The molecule has 1 rings (SSSR count). The number of rotatable bonds is 4. The molecule has 0 bridgehead atoms. The number of aromatic hydroxyl groups is 1. The molecule has 1 aromatic carbocycles. The first-order valence-electron chi connectivity index (χ1n) is 7.69. The third-order valence-corrected chi connectivity index (χ3v) is 3.63. The lowest BCUT2D eigenvalue weighted by atomic mass is 9.79. The van der Waals surface area contributed by atoms with Gasteiger partial charge in [-0.05, 0) is 28.9 Å². The van der Waals surface area contributed by atoms with E-state index in [0.29, 0.717) is 5.75 Å². The van der Waals surface area contributed by atoms with Crippen LogP contribution in [0.3, 0.4) is 0 Å². The van der Waals surface area contributed by atoms with E-state index in [2.05, 4.69) is 65.9 Å². The van der Waals surface area contributed by atoms with E-state index in [4.69, 9.17) is 0 Å². The Labute approximate surface area is 124 Å². The number of nitrogens with one attached hydrogen (secondary N) is 1. The SMILES string of the molecule is CCCCNc1cc(C(C)(C)C)cc(C(C)(C)C)c1O. The number of unbranched alkanes of at least 4 members (excludes halogenated alkanes) is 1. The van der Waals surface area contributed by atoms with Crippen molar-refractivity contribution in [2.24, 2.45) is 0 Å². The molecule has 0 heterocycles. The van der Waals surface area contributed by atoms with Crippen molar-refractivity contribution >= 4 is 5.69 Å². The van der Waals surface area contributed by atoms with Gasteiger partial charge >= 0.3 is 0 Å². The standard InChI is InChI=1S/C18H31NO/c1-8-9-10-19-15-12-13(17(2,3)4)11-14(16(15)20)18(5,6)7/h11-12,19-20H,8-10H2,1-7H3. The third kappa shape index (κ3) is 4.16. The minimum absolute atomic E-state index is 0.0630. The highest BCUT2D eigenvalue weighted by atomic mass is 16.3. The van der Waals surface area contributed by atoms with Gasteiger partial charge in [-0.15, -0.1) is 0 Å². The van der Waals surface area contributed by atoms with Gasteiger partial charge in [0.1, 0.15) is 5.75 Å². The number of hydrogen-bond donors (Lipinski definition) is 2. The fraction of sp³-hybridized carbons (Fsp3) is 0.667. The summed E-state index contributed by atoms with van der Waals surface area (Å²) >= 11 is 0. The number of phenols is 1. The van der Waals surface area contributed by atoms with E-state index in [0.717, 1.165) is 30.6 Å². The highest BCUT2D eigenvalue weighted by Crippen LogP contribution is 2.40. The lowest BCUT2D eigenvalue weighted by Gasteiger charge is -2.27. The molecule has 0 saturated carbocycles. The first-order valence-corrected chi connectivity index (χ1v) is 7.69. The van der Waals surface area contributed by atoms with Gasteiger partial charge in [0.15, 0.2) is 0 Å². The quantitative estimate of drug-likeness (QED) is 0.585. The van der Waals surface area contributed by atoms with Crippen LogP contribution in [0.4, 0.5) is 5.69 Å². The van der Waals surface area contributed by atoms with Crippen LogP contribution in [0.25, 0.3) is 0 Å². The maximum Gasteiger partial charge on any atom is 0.142 e. The van der Waals surface area contributed by atoms with Crippen LogP contribution >= 0.6 is 0 Å². The summed E-state index contributed by atoms with van der Waals surface area (Å²) in [5.74, 6) is 0.404. The van der Waals surface area contributed by atoms with Crippen molar-refractivity contribution < 1.29 is 5.11 Å². The van der Waals surface area contributed by atoms with Crippen LogP contribution in [0.1, 0.15) is 72.4 Å². The molecule has 2 N–H and O–H groups in total. The fourth-order valence-corrected chi connectivity index (χ4v) is 2.17. The molecular formula is C18H31NO. The molecule has 0 radical (unpaired) electrons. The summed E-state index contributed by atoms with van der Waals surface area (Å²) in [5, 5.41) is 13.9. The van der Waals surface area contributed by atoms with E-state index in [1.807, 2.05) is 0 Å². The van der Waals surface area contributed by atoms with Crippen molar-refractivity contribution in [3.8, 4) is 5.75 Å². The Kier molecular flexibility index (Phi) is 5.12. The summed E-state index contributed by atoms with van der Waals surface area (Å²) in [7, 11) is 0. The topological polar surface area (TPSA) is 32.3 Å². The summed E-state index contributed by atoms with van der Waals surface area (Å²) in [6.07, 6.45) is 2.27. The zero-order valence-corrected chi connectivity index (χ0v) is 14.2. The van der Waals surface area contributed by atoms with Crippen molar-refractivity contribution in [1.29, 1.82) is 0 Å². The van der Waals surface area contributed by atoms with Gasteiger partial charge in [0.2, 0.25) is 0 Å². The molecule has 0 aliphatic carbocycles. The lowest BCUT2D eigenvalue weighted by molar-refractivity contribution is 0.446. The van der Waals surface area contributed by atoms with E-state index in [1.54, 1.807) is 0 Å². The maximum absolute atomic E-state index is 10.6. The first kappa shape index (κ1) is 16.9. The first-order chi connectivity index (χ1) is 9.07. The Morgan fingerprint density at radius 2 is 1.60 bits per heavy atom. The van der Waals surface area contributed by atoms with Crippen molar-refractivity contribution in [1.82, 2.24) is 0 Å². The Morgan fingerprint density at radius 3 is 2.05 bits per heavy atom. The van der Waals surface area contributed by atoms with Crippen LogP contribution < -0.4 is 5.32 Å². The molecule has 1 aromatic rings. The summed E-state index contributed by atoms with van der Waals surface area (Å²) in [6.45, 7) is 16.1. The van der Waals surface area contributed by atoms with Crippen LogP contribution in [-0.2, 0) is 10.8 Å². The summed E-state index contributed by atoms with van der Waals surface area (Å²) in [4.78, 5) is 0. The van der Waals surface area contributed by atoms with Crippen molar-refractivity contribution in [2.45, 2.75) is 72.1 Å². The van der Waals surface area contributed by atoms with Gasteiger partial charge in [0.25, 0.3) is 0 Å². The summed E-state index contributed by atoms with van der Waals surface area (Å²) < 4.78 is 0. The Morgan fingerprint density at radius 1 is 1.00 bits per heavy atom. The van der Waals surface area contributed by atoms with E-state index in [1.165, 1.54) is 5.56 Å². The molecular weight excluding hydrogens is 246 g/mol. The Balaban J connectivity index is 3.28. The largest absolute Gasteiger partial charge is 0.505 e. The molecule has 0 spiro atoms. The zero-order valence-electron chi connectivity index (χ0n) is 14.2. The third-order valence-electron chi connectivity index (χ3n) is 3.63. The fourth-order valence-electron chi connectivity index (χ4n) is 2.17. The van der Waals surface area contributed by atoms with E-state index in [-0.39, 0.29) is 10.8 Å². The molecule has 0 aromatic heterocycles. The number of phenolic OH excluding ortho intramolecular Hbond substituents is 1. The molecule has 2 nitrogen and oxygen atoms in total. The average molecular weight is 277 g/mol. The van der Waals surface area contributed by atoms with Gasteiger partial charge in [-0.1, -0.05) is 61.0 Å². The van der Waals surface area contributed by atoms with Gasteiger partial charge < -0.3 is 10.4 Å². The molecule has 20 heavy (non-hydrogen) atoms. The Bertz CT molecular complexity index is 450. The number of hydrogen-bond acceptors (Lipinski definition) is 2. The van der Waals surface area contributed by atoms with Gasteiger partial charge in [-0.2, -0.15) is 0 Å². The number of anilines is 1. The second kappa shape index (κ2) is 6.07. The highest BCUT2D eigenvalue weighted by molar-refractivity contribution is 5.63. The predicted molar refractivity (Wildman–Crippen MR) is 88.9 cm³/mol. The minimum Gasteiger partial charge on any atom is -0.505 e. The summed E-state index contributed by atoms with van der Waals surface area (Å²) in [6, 6.07) is 4.25. The van der Waals surface area contributed by atoms with Crippen molar-refractivity contribution in [3.63, 3.8) is 0 Å². The second-order valence-corrected chi connectivity index (χ2v) is 7.70. The normalized spacial score (nSPS) is 12.6. The smallest absolute Gasteiger partial charge is 0.142 e.